The van der Waals surface area contributed by atoms with Crippen LogP contribution in [-0.2, 0) is 6.54 Å². The van der Waals surface area contributed by atoms with E-state index in [1.165, 1.54) is 11.8 Å². The number of furan rings is 1. The van der Waals surface area contributed by atoms with Crippen LogP contribution in [0.25, 0.3) is 0 Å². The second kappa shape index (κ2) is 4.46. The number of nitrogens with two attached hydrogens (primary N) is 1. The molecule has 0 unspecified atom stereocenters. The fraction of sp³-hybridized carbons (Fsp3) is 0.200. The largest absolute Gasteiger partial charge is 0.468 e. The van der Waals surface area contributed by atoms with Gasteiger partial charge >= 0.3 is 0 Å². The van der Waals surface area contributed by atoms with Crippen LogP contribution >= 0.6 is 11.8 Å². The second-order valence-corrected chi connectivity index (χ2v) is 4.03. The van der Waals surface area contributed by atoms with Crippen LogP contribution in [0.2, 0.25) is 0 Å². The van der Waals surface area contributed by atoms with Gasteiger partial charge in [0.25, 0.3) is 0 Å². The zero-order valence-electron chi connectivity index (χ0n) is 8.30. The molecule has 0 aliphatic carbocycles. The van der Waals surface area contributed by atoms with Gasteiger partial charge in [-0.1, -0.05) is 0 Å². The lowest BCUT2D eigenvalue weighted by Gasteiger charge is -1.99. The number of aryl methyl sites for hydroxylation is 1. The van der Waals surface area contributed by atoms with Gasteiger partial charge in [-0.3, -0.25) is 0 Å². The van der Waals surface area contributed by atoms with E-state index < -0.39 is 0 Å². The SMILES string of the molecule is Cc1occc1Sc1ncc(CN)cn1. The molecule has 0 saturated carbocycles. The van der Waals surface area contributed by atoms with Crippen LogP contribution in [0.3, 0.4) is 0 Å². The molecular formula is C10H11N3OS. The van der Waals surface area contributed by atoms with E-state index in [4.69, 9.17) is 10.2 Å². The van der Waals surface area contributed by atoms with Gasteiger partial charge < -0.3 is 10.2 Å². The summed E-state index contributed by atoms with van der Waals surface area (Å²) in [7, 11) is 0. The molecule has 0 atom stereocenters. The molecule has 2 heterocycles. The van der Waals surface area contributed by atoms with Gasteiger partial charge in [0, 0.05) is 24.5 Å². The fourth-order valence-electron chi connectivity index (χ4n) is 1.08. The molecule has 0 radical (unpaired) electrons. The minimum absolute atomic E-state index is 0.468. The molecule has 2 N–H and O–H groups in total. The van der Waals surface area contributed by atoms with E-state index in [2.05, 4.69) is 9.97 Å². The van der Waals surface area contributed by atoms with E-state index in [1.54, 1.807) is 18.7 Å². The average Bonchev–Trinajstić information content (AvgIpc) is 2.66. The predicted octanol–water partition coefficient (Wildman–Crippen LogP) is 1.99. The van der Waals surface area contributed by atoms with E-state index in [1.807, 2.05) is 13.0 Å². The Morgan fingerprint density at radius 3 is 2.67 bits per heavy atom. The summed E-state index contributed by atoms with van der Waals surface area (Å²) in [5.74, 6) is 0.881. The van der Waals surface area contributed by atoms with Crippen LogP contribution in [0.15, 0.2) is 39.2 Å². The molecule has 0 spiro atoms. The molecule has 0 amide bonds. The van der Waals surface area contributed by atoms with Gasteiger partial charge in [0.1, 0.15) is 5.76 Å². The molecule has 5 heteroatoms. The van der Waals surface area contributed by atoms with Crippen molar-refractivity contribution in [2.24, 2.45) is 5.73 Å². The first-order valence-electron chi connectivity index (χ1n) is 4.52. The average molecular weight is 221 g/mol. The zero-order valence-corrected chi connectivity index (χ0v) is 9.12. The van der Waals surface area contributed by atoms with Crippen molar-refractivity contribution in [1.29, 1.82) is 0 Å². The zero-order chi connectivity index (χ0) is 10.7. The van der Waals surface area contributed by atoms with Gasteiger partial charge in [0.2, 0.25) is 0 Å². The summed E-state index contributed by atoms with van der Waals surface area (Å²) in [6.45, 7) is 2.38. The van der Waals surface area contributed by atoms with Crippen LogP contribution in [-0.4, -0.2) is 9.97 Å². The summed E-state index contributed by atoms with van der Waals surface area (Å²) in [5.41, 5.74) is 6.39. The summed E-state index contributed by atoms with van der Waals surface area (Å²) in [6, 6.07) is 1.90. The Kier molecular flexibility index (Phi) is 3.03. The molecule has 0 aliphatic heterocycles. The molecule has 0 aliphatic rings. The predicted molar refractivity (Wildman–Crippen MR) is 57.5 cm³/mol. The highest BCUT2D eigenvalue weighted by Crippen LogP contribution is 2.27. The molecule has 0 aromatic carbocycles. The van der Waals surface area contributed by atoms with E-state index in [0.717, 1.165) is 16.2 Å². The minimum atomic E-state index is 0.468. The number of aromatic nitrogens is 2. The smallest absolute Gasteiger partial charge is 0.192 e. The maximum atomic E-state index is 5.46. The van der Waals surface area contributed by atoms with Gasteiger partial charge in [-0.25, -0.2) is 9.97 Å². The van der Waals surface area contributed by atoms with Crippen LogP contribution in [0.5, 0.6) is 0 Å². The first kappa shape index (κ1) is 10.2. The van der Waals surface area contributed by atoms with Crippen LogP contribution in [0.4, 0.5) is 0 Å². The van der Waals surface area contributed by atoms with E-state index in [0.29, 0.717) is 11.7 Å². The van der Waals surface area contributed by atoms with Gasteiger partial charge in [0.05, 0.1) is 11.2 Å². The van der Waals surface area contributed by atoms with Crippen molar-refractivity contribution in [2.45, 2.75) is 23.5 Å². The van der Waals surface area contributed by atoms with Gasteiger partial charge in [-0.05, 0) is 24.8 Å². The monoisotopic (exact) mass is 221 g/mol. The summed E-state index contributed by atoms with van der Waals surface area (Å²) in [5, 5.41) is 0.705. The number of nitrogens with zero attached hydrogens (tertiary/aromatic N) is 2. The molecule has 15 heavy (non-hydrogen) atoms. The van der Waals surface area contributed by atoms with Gasteiger partial charge in [0.15, 0.2) is 5.16 Å². The first-order valence-corrected chi connectivity index (χ1v) is 5.34. The Balaban J connectivity index is 2.14. The summed E-state index contributed by atoms with van der Waals surface area (Å²) in [6.07, 6.45) is 5.14. The first-order chi connectivity index (χ1) is 7.29. The highest BCUT2D eigenvalue weighted by molar-refractivity contribution is 7.99. The van der Waals surface area contributed by atoms with Crippen LogP contribution in [0.1, 0.15) is 11.3 Å². The third-order valence-corrected chi connectivity index (χ3v) is 2.97. The summed E-state index contributed by atoms with van der Waals surface area (Å²) in [4.78, 5) is 9.43. The van der Waals surface area contributed by atoms with E-state index >= 15 is 0 Å². The van der Waals surface area contributed by atoms with E-state index in [-0.39, 0.29) is 0 Å². The Hall–Kier alpha value is -1.33. The molecule has 0 bridgehead atoms. The van der Waals surface area contributed by atoms with Gasteiger partial charge in [-0.15, -0.1) is 0 Å². The standard InChI is InChI=1S/C10H11N3OS/c1-7-9(2-3-14-7)15-10-12-5-8(4-11)6-13-10/h2-3,5-6H,4,11H2,1H3. The highest BCUT2D eigenvalue weighted by Gasteiger charge is 2.05. The van der Waals surface area contributed by atoms with Crippen molar-refractivity contribution < 1.29 is 4.42 Å². The maximum absolute atomic E-state index is 5.46. The van der Waals surface area contributed by atoms with Crippen LogP contribution < -0.4 is 5.73 Å². The molecule has 2 aromatic heterocycles. The third-order valence-electron chi connectivity index (χ3n) is 1.93. The molecule has 78 valence electrons. The summed E-state index contributed by atoms with van der Waals surface area (Å²) < 4.78 is 5.19. The Bertz CT molecular complexity index is 438. The van der Waals surface area contributed by atoms with Crippen molar-refractivity contribution in [3.8, 4) is 0 Å². The Morgan fingerprint density at radius 1 is 1.40 bits per heavy atom. The third kappa shape index (κ3) is 2.37. The highest BCUT2D eigenvalue weighted by atomic mass is 32.2. The molecular weight excluding hydrogens is 210 g/mol. The normalized spacial score (nSPS) is 10.5. The minimum Gasteiger partial charge on any atom is -0.468 e. The van der Waals surface area contributed by atoms with Crippen molar-refractivity contribution in [3.05, 3.63) is 36.0 Å². The molecule has 0 fully saturated rings. The number of hydrogen-bond donors (Lipinski definition) is 1. The quantitative estimate of drug-likeness (QED) is 0.803. The van der Waals surface area contributed by atoms with Crippen molar-refractivity contribution in [1.82, 2.24) is 9.97 Å². The van der Waals surface area contributed by atoms with Crippen molar-refractivity contribution >= 4 is 11.8 Å². The van der Waals surface area contributed by atoms with Crippen LogP contribution in [0, 0.1) is 6.92 Å². The van der Waals surface area contributed by atoms with Gasteiger partial charge in [-0.2, -0.15) is 0 Å². The van der Waals surface area contributed by atoms with E-state index in [9.17, 15) is 0 Å². The number of hydrogen-bond acceptors (Lipinski definition) is 5. The molecule has 0 saturated heterocycles. The second-order valence-electron chi connectivity index (χ2n) is 3.02. The topological polar surface area (TPSA) is 64.9 Å². The summed E-state index contributed by atoms with van der Waals surface area (Å²) >= 11 is 1.48. The van der Waals surface area contributed by atoms with Crippen molar-refractivity contribution in [3.63, 3.8) is 0 Å². The number of rotatable bonds is 3. The molecule has 4 nitrogen and oxygen atoms in total. The molecule has 2 rings (SSSR count). The maximum Gasteiger partial charge on any atom is 0.192 e. The lowest BCUT2D eigenvalue weighted by Crippen LogP contribution is -1.98. The van der Waals surface area contributed by atoms with Crippen molar-refractivity contribution in [2.75, 3.05) is 0 Å². The lowest BCUT2D eigenvalue weighted by molar-refractivity contribution is 0.527. The lowest BCUT2D eigenvalue weighted by atomic mass is 10.4. The Labute approximate surface area is 91.9 Å². The fourth-order valence-corrected chi connectivity index (χ4v) is 1.80. The molecule has 2 aromatic rings. The Morgan fingerprint density at radius 2 is 2.13 bits per heavy atom.